The third-order valence-corrected chi connectivity index (χ3v) is 4.40. The summed E-state index contributed by atoms with van der Waals surface area (Å²) in [4.78, 5) is 16.1. The van der Waals surface area contributed by atoms with Crippen molar-refractivity contribution in [2.45, 2.75) is 6.54 Å². The Bertz CT molecular complexity index is 669. The van der Waals surface area contributed by atoms with Crippen molar-refractivity contribution in [1.29, 1.82) is 0 Å². The maximum atomic E-state index is 11.3. The van der Waals surface area contributed by atoms with Crippen molar-refractivity contribution in [2.24, 2.45) is 7.05 Å². The molecular formula is C16H21N3O2. The van der Waals surface area contributed by atoms with Crippen LogP contribution in [0.15, 0.2) is 24.3 Å². The lowest BCUT2D eigenvalue weighted by molar-refractivity contribution is 0.0699. The molecule has 1 saturated heterocycles. The Labute approximate surface area is 124 Å². The lowest BCUT2D eigenvalue weighted by Crippen LogP contribution is -2.44. The van der Waals surface area contributed by atoms with E-state index in [1.165, 1.54) is 5.69 Å². The molecule has 21 heavy (non-hydrogen) atoms. The molecule has 1 fully saturated rings. The molecule has 0 radical (unpaired) electrons. The van der Waals surface area contributed by atoms with E-state index in [9.17, 15) is 9.90 Å². The van der Waals surface area contributed by atoms with Gasteiger partial charge < -0.3 is 14.6 Å². The highest BCUT2D eigenvalue weighted by Crippen LogP contribution is 2.24. The number of rotatable bonds is 3. The molecule has 2 aromatic rings. The second-order valence-corrected chi connectivity index (χ2v) is 5.82. The van der Waals surface area contributed by atoms with E-state index in [1.54, 1.807) is 6.07 Å². The molecule has 3 rings (SSSR count). The highest BCUT2D eigenvalue weighted by Gasteiger charge is 2.18. The quantitative estimate of drug-likeness (QED) is 0.932. The van der Waals surface area contributed by atoms with E-state index >= 15 is 0 Å². The maximum absolute atomic E-state index is 11.3. The van der Waals surface area contributed by atoms with Gasteiger partial charge in [-0.1, -0.05) is 6.07 Å². The van der Waals surface area contributed by atoms with Crippen LogP contribution in [-0.4, -0.2) is 58.7 Å². The first-order valence-corrected chi connectivity index (χ1v) is 7.28. The van der Waals surface area contributed by atoms with Gasteiger partial charge in [0.05, 0.1) is 5.56 Å². The third-order valence-electron chi connectivity index (χ3n) is 4.40. The fourth-order valence-corrected chi connectivity index (χ4v) is 2.99. The summed E-state index contributed by atoms with van der Waals surface area (Å²) in [5, 5.41) is 10.1. The predicted molar refractivity (Wildman–Crippen MR) is 82.7 cm³/mol. The third kappa shape index (κ3) is 2.66. The normalized spacial score (nSPS) is 17.4. The number of fused-ring (bicyclic) bond motifs is 1. The van der Waals surface area contributed by atoms with E-state index in [0.29, 0.717) is 5.56 Å². The Morgan fingerprint density at radius 2 is 1.90 bits per heavy atom. The number of benzene rings is 1. The van der Waals surface area contributed by atoms with Gasteiger partial charge in [0.2, 0.25) is 0 Å². The van der Waals surface area contributed by atoms with Crippen molar-refractivity contribution in [3.63, 3.8) is 0 Å². The molecule has 1 aromatic carbocycles. The smallest absolute Gasteiger partial charge is 0.336 e. The van der Waals surface area contributed by atoms with Crippen LogP contribution in [-0.2, 0) is 13.6 Å². The minimum absolute atomic E-state index is 0.382. The summed E-state index contributed by atoms with van der Waals surface area (Å²) in [5.41, 5.74) is 2.54. The lowest BCUT2D eigenvalue weighted by atomic mass is 10.1. The van der Waals surface area contributed by atoms with Crippen LogP contribution in [0.5, 0.6) is 0 Å². The van der Waals surface area contributed by atoms with Gasteiger partial charge in [-0.05, 0) is 25.2 Å². The molecule has 1 aliphatic rings. The van der Waals surface area contributed by atoms with Gasteiger partial charge in [-0.2, -0.15) is 0 Å². The van der Waals surface area contributed by atoms with E-state index in [1.807, 2.05) is 25.2 Å². The van der Waals surface area contributed by atoms with Gasteiger partial charge in [0.25, 0.3) is 0 Å². The number of aromatic carboxylic acids is 1. The standard InChI is InChI=1S/C16H21N3O2/c1-17-6-8-19(9-7-17)11-12-10-14-13(16(20)21)4-3-5-15(14)18(12)2/h3-5,10H,6-9,11H2,1-2H3,(H,20,21). The van der Waals surface area contributed by atoms with Crippen LogP contribution in [0, 0.1) is 0 Å². The summed E-state index contributed by atoms with van der Waals surface area (Å²) in [6.45, 7) is 5.17. The molecule has 2 heterocycles. The maximum Gasteiger partial charge on any atom is 0.336 e. The first kappa shape index (κ1) is 14.1. The van der Waals surface area contributed by atoms with Crippen LogP contribution >= 0.6 is 0 Å². The number of piperazine rings is 1. The molecule has 5 nitrogen and oxygen atoms in total. The zero-order valence-corrected chi connectivity index (χ0v) is 12.5. The van der Waals surface area contributed by atoms with Gasteiger partial charge >= 0.3 is 5.97 Å². The molecule has 0 unspecified atom stereocenters. The van der Waals surface area contributed by atoms with Crippen molar-refractivity contribution >= 4 is 16.9 Å². The van der Waals surface area contributed by atoms with E-state index in [2.05, 4.69) is 21.4 Å². The molecule has 0 aliphatic carbocycles. The molecule has 1 N–H and O–H groups in total. The van der Waals surface area contributed by atoms with E-state index < -0.39 is 5.97 Å². The van der Waals surface area contributed by atoms with Crippen molar-refractivity contribution in [3.05, 3.63) is 35.5 Å². The molecule has 0 spiro atoms. The van der Waals surface area contributed by atoms with E-state index in [-0.39, 0.29) is 0 Å². The molecular weight excluding hydrogens is 266 g/mol. The molecule has 1 aliphatic heterocycles. The topological polar surface area (TPSA) is 48.7 Å². The molecule has 5 heteroatoms. The van der Waals surface area contributed by atoms with Crippen LogP contribution in [0.4, 0.5) is 0 Å². The number of aryl methyl sites for hydroxylation is 1. The first-order valence-electron chi connectivity index (χ1n) is 7.28. The van der Waals surface area contributed by atoms with Crippen LogP contribution in [0.3, 0.4) is 0 Å². The van der Waals surface area contributed by atoms with Gasteiger partial charge in [0.15, 0.2) is 0 Å². The summed E-state index contributed by atoms with van der Waals surface area (Å²) in [7, 11) is 4.16. The monoisotopic (exact) mass is 287 g/mol. The fraction of sp³-hybridized carbons (Fsp3) is 0.438. The van der Waals surface area contributed by atoms with Crippen molar-refractivity contribution in [3.8, 4) is 0 Å². The molecule has 112 valence electrons. The van der Waals surface area contributed by atoms with Gasteiger partial charge in [0.1, 0.15) is 0 Å². The SMILES string of the molecule is CN1CCN(Cc2cc3c(C(=O)O)cccc3n2C)CC1. The zero-order valence-electron chi connectivity index (χ0n) is 12.5. The van der Waals surface area contributed by atoms with E-state index in [4.69, 9.17) is 0 Å². The lowest BCUT2D eigenvalue weighted by Gasteiger charge is -2.32. The molecule has 1 aromatic heterocycles. The molecule has 0 amide bonds. The summed E-state index contributed by atoms with van der Waals surface area (Å²) < 4.78 is 2.11. The Morgan fingerprint density at radius 3 is 2.57 bits per heavy atom. The van der Waals surface area contributed by atoms with Crippen molar-refractivity contribution < 1.29 is 9.90 Å². The van der Waals surface area contributed by atoms with Crippen molar-refractivity contribution in [2.75, 3.05) is 33.2 Å². The fourth-order valence-electron chi connectivity index (χ4n) is 2.99. The number of hydrogen-bond donors (Lipinski definition) is 1. The zero-order chi connectivity index (χ0) is 15.0. The van der Waals surface area contributed by atoms with Crippen LogP contribution < -0.4 is 0 Å². The van der Waals surface area contributed by atoms with Crippen LogP contribution in [0.25, 0.3) is 10.9 Å². The molecule has 0 saturated carbocycles. The summed E-state index contributed by atoms with van der Waals surface area (Å²) in [5.74, 6) is -0.864. The minimum atomic E-state index is -0.864. The number of nitrogens with zero attached hydrogens (tertiary/aromatic N) is 3. The number of carbonyl (C=O) groups is 1. The summed E-state index contributed by atoms with van der Waals surface area (Å²) in [6.07, 6.45) is 0. The number of hydrogen-bond acceptors (Lipinski definition) is 3. The first-order chi connectivity index (χ1) is 10.1. The summed E-state index contributed by atoms with van der Waals surface area (Å²) >= 11 is 0. The van der Waals surface area contributed by atoms with Gasteiger partial charge in [-0.15, -0.1) is 0 Å². The largest absolute Gasteiger partial charge is 0.478 e. The van der Waals surface area contributed by atoms with Gasteiger partial charge in [-0.25, -0.2) is 4.79 Å². The van der Waals surface area contributed by atoms with Gasteiger partial charge in [0, 0.05) is 56.4 Å². The van der Waals surface area contributed by atoms with Crippen molar-refractivity contribution in [1.82, 2.24) is 14.4 Å². The van der Waals surface area contributed by atoms with E-state index in [0.717, 1.165) is 43.6 Å². The Kier molecular flexibility index (Phi) is 3.69. The molecule has 0 atom stereocenters. The van der Waals surface area contributed by atoms with Crippen LogP contribution in [0.1, 0.15) is 16.1 Å². The average molecular weight is 287 g/mol. The highest BCUT2D eigenvalue weighted by atomic mass is 16.4. The number of carboxylic acids is 1. The Balaban J connectivity index is 1.91. The predicted octanol–water partition coefficient (Wildman–Crippen LogP) is 1.62. The molecule has 0 bridgehead atoms. The Hall–Kier alpha value is -1.85. The second-order valence-electron chi connectivity index (χ2n) is 5.82. The average Bonchev–Trinajstić information content (AvgIpc) is 2.78. The van der Waals surface area contributed by atoms with Gasteiger partial charge in [-0.3, -0.25) is 4.90 Å². The minimum Gasteiger partial charge on any atom is -0.478 e. The highest BCUT2D eigenvalue weighted by molar-refractivity contribution is 6.03. The Morgan fingerprint density at radius 1 is 1.19 bits per heavy atom. The number of carboxylic acid groups (broad SMARTS) is 1. The second kappa shape index (κ2) is 5.50. The summed E-state index contributed by atoms with van der Waals surface area (Å²) in [6, 6.07) is 7.49. The van der Waals surface area contributed by atoms with Crippen LogP contribution in [0.2, 0.25) is 0 Å². The number of likely N-dealkylation sites (N-methyl/N-ethyl adjacent to an activating group) is 1. The number of aromatic nitrogens is 1.